The van der Waals surface area contributed by atoms with Crippen LogP contribution < -0.4 is 4.90 Å². The second kappa shape index (κ2) is 9.94. The Morgan fingerprint density at radius 2 is 1.84 bits per heavy atom. The first-order chi connectivity index (χ1) is 14.4. The zero-order valence-electron chi connectivity index (χ0n) is 16.5. The Morgan fingerprint density at radius 3 is 2.52 bits per heavy atom. The first-order valence-corrected chi connectivity index (χ1v) is 10.4. The van der Waals surface area contributed by atoms with Crippen molar-refractivity contribution in [3.63, 3.8) is 0 Å². The van der Waals surface area contributed by atoms with Gasteiger partial charge < -0.3 is 4.74 Å². The van der Waals surface area contributed by atoms with Crippen molar-refractivity contribution in [1.82, 2.24) is 14.8 Å². The number of ether oxygens (including phenoxy) is 1. The van der Waals surface area contributed by atoms with Crippen molar-refractivity contribution < 1.29 is 27.9 Å². The molecule has 1 aromatic heterocycles. The number of hydrogen-bond donors (Lipinski definition) is 0. The lowest BCUT2D eigenvalue weighted by molar-refractivity contribution is -0.141. The van der Waals surface area contributed by atoms with Crippen molar-refractivity contribution in [2.24, 2.45) is 0 Å². The number of halogens is 3. The molecule has 0 unspecified atom stereocenters. The number of benzene rings is 1. The molecule has 0 aliphatic carbocycles. The lowest BCUT2D eigenvalue weighted by atomic mass is 10.3. The van der Waals surface area contributed by atoms with Crippen LogP contribution in [0.2, 0.25) is 0 Å². The Bertz CT molecular complexity index is 983. The fraction of sp³-hybridized carbons (Fsp3) is 0.474. The number of morpholine rings is 1. The van der Waals surface area contributed by atoms with Crippen LogP contribution in [0.25, 0.3) is 10.2 Å². The van der Waals surface area contributed by atoms with E-state index < -0.39 is 24.1 Å². The quantitative estimate of drug-likeness (QED) is 0.594. The van der Waals surface area contributed by atoms with Gasteiger partial charge in [-0.05, 0) is 6.07 Å². The standard InChI is InChI=1S/C19H20F2N4O4S.ClH/c20-12-9-13(21)18-14(10-12)30-19(22-18)24(4-3-23-5-7-29-8-6-23)17(28)11-25-15(26)1-2-16(25)27;/h9-10H,1-8,11H2;1H. The van der Waals surface area contributed by atoms with Crippen molar-refractivity contribution in [3.05, 3.63) is 23.8 Å². The largest absolute Gasteiger partial charge is 0.379 e. The van der Waals surface area contributed by atoms with E-state index in [1.54, 1.807) is 0 Å². The smallest absolute Gasteiger partial charge is 0.248 e. The highest BCUT2D eigenvalue weighted by Gasteiger charge is 2.33. The van der Waals surface area contributed by atoms with Crippen LogP contribution in [-0.4, -0.2) is 78.4 Å². The lowest BCUT2D eigenvalue weighted by Gasteiger charge is -2.29. The number of imide groups is 1. The first kappa shape index (κ1) is 23.5. The number of nitrogens with zero attached hydrogens (tertiary/aromatic N) is 4. The van der Waals surface area contributed by atoms with Crippen LogP contribution in [0, 0.1) is 11.6 Å². The molecule has 0 N–H and O–H groups in total. The summed E-state index contributed by atoms with van der Waals surface area (Å²) in [5, 5.41) is 0.201. The van der Waals surface area contributed by atoms with Gasteiger partial charge in [0, 0.05) is 45.1 Å². The van der Waals surface area contributed by atoms with Crippen LogP contribution in [0.3, 0.4) is 0 Å². The monoisotopic (exact) mass is 474 g/mol. The molecule has 3 amide bonds. The van der Waals surface area contributed by atoms with Gasteiger partial charge in [0.1, 0.15) is 17.9 Å². The van der Waals surface area contributed by atoms with E-state index in [-0.39, 0.29) is 59.0 Å². The molecule has 4 rings (SSSR count). The molecule has 2 aliphatic rings. The molecule has 3 heterocycles. The minimum atomic E-state index is -0.807. The van der Waals surface area contributed by atoms with E-state index in [0.717, 1.165) is 28.4 Å². The second-order valence-electron chi connectivity index (χ2n) is 7.10. The van der Waals surface area contributed by atoms with Crippen LogP contribution >= 0.6 is 23.7 Å². The molecule has 0 saturated carbocycles. The SMILES string of the molecule is Cl.O=C1CCC(=O)N1CC(=O)N(CCN1CCOCC1)c1nc2c(F)cc(F)cc2s1. The summed E-state index contributed by atoms with van der Waals surface area (Å²) in [7, 11) is 0. The number of hydrogen-bond acceptors (Lipinski definition) is 7. The van der Waals surface area contributed by atoms with Crippen molar-refractivity contribution in [2.45, 2.75) is 12.8 Å². The molecule has 0 bridgehead atoms. The summed E-state index contributed by atoms with van der Waals surface area (Å²) < 4.78 is 33.3. The van der Waals surface area contributed by atoms with Gasteiger partial charge in [-0.3, -0.25) is 29.1 Å². The Hall–Kier alpha value is -2.21. The van der Waals surface area contributed by atoms with Crippen LogP contribution in [0.4, 0.5) is 13.9 Å². The number of carbonyl (C=O) groups is 3. The highest BCUT2D eigenvalue weighted by atomic mass is 35.5. The maximum absolute atomic E-state index is 14.1. The minimum absolute atomic E-state index is 0. The molecule has 2 aromatic rings. The highest BCUT2D eigenvalue weighted by molar-refractivity contribution is 7.22. The number of rotatable bonds is 6. The number of likely N-dealkylation sites (tertiary alicyclic amines) is 1. The summed E-state index contributed by atoms with van der Waals surface area (Å²) in [5.74, 6) is -2.81. The third-order valence-corrected chi connectivity index (χ3v) is 6.15. The van der Waals surface area contributed by atoms with Crippen LogP contribution in [-0.2, 0) is 19.1 Å². The van der Waals surface area contributed by atoms with E-state index in [2.05, 4.69) is 9.88 Å². The molecule has 2 saturated heterocycles. The first-order valence-electron chi connectivity index (χ1n) is 9.61. The molecule has 2 fully saturated rings. The van der Waals surface area contributed by atoms with Gasteiger partial charge in [-0.2, -0.15) is 0 Å². The van der Waals surface area contributed by atoms with Crippen LogP contribution in [0.1, 0.15) is 12.8 Å². The molecule has 12 heteroatoms. The second-order valence-corrected chi connectivity index (χ2v) is 8.11. The maximum Gasteiger partial charge on any atom is 0.248 e. The van der Waals surface area contributed by atoms with Gasteiger partial charge in [0.05, 0.1) is 17.9 Å². The molecular weight excluding hydrogens is 454 g/mol. The summed E-state index contributed by atoms with van der Waals surface area (Å²) in [4.78, 5) is 45.5. The van der Waals surface area contributed by atoms with Gasteiger partial charge in [-0.15, -0.1) is 12.4 Å². The molecule has 2 aliphatic heterocycles. The fourth-order valence-electron chi connectivity index (χ4n) is 3.47. The molecule has 0 atom stereocenters. The number of thiazole rings is 1. The van der Waals surface area contributed by atoms with E-state index in [9.17, 15) is 23.2 Å². The molecular formula is C19H21ClF2N4O4S. The van der Waals surface area contributed by atoms with Gasteiger partial charge in [0.25, 0.3) is 0 Å². The molecule has 168 valence electrons. The number of fused-ring (bicyclic) bond motifs is 1. The van der Waals surface area contributed by atoms with Gasteiger partial charge in [0.15, 0.2) is 10.9 Å². The molecule has 1 aromatic carbocycles. The number of aromatic nitrogens is 1. The Morgan fingerprint density at radius 1 is 1.16 bits per heavy atom. The molecule has 31 heavy (non-hydrogen) atoms. The lowest BCUT2D eigenvalue weighted by Crippen LogP contribution is -2.47. The average molecular weight is 475 g/mol. The highest BCUT2D eigenvalue weighted by Crippen LogP contribution is 2.31. The predicted molar refractivity (Wildman–Crippen MR) is 112 cm³/mol. The van der Waals surface area contributed by atoms with E-state index in [4.69, 9.17) is 4.74 Å². The van der Waals surface area contributed by atoms with Gasteiger partial charge in [-0.25, -0.2) is 13.8 Å². The van der Waals surface area contributed by atoms with Crippen molar-refractivity contribution in [2.75, 3.05) is 50.8 Å². The van der Waals surface area contributed by atoms with E-state index in [1.165, 1.54) is 4.90 Å². The zero-order valence-corrected chi connectivity index (χ0v) is 18.1. The molecule has 8 nitrogen and oxygen atoms in total. The van der Waals surface area contributed by atoms with Crippen molar-refractivity contribution in [1.29, 1.82) is 0 Å². The zero-order chi connectivity index (χ0) is 21.3. The molecule has 0 radical (unpaired) electrons. The van der Waals surface area contributed by atoms with E-state index in [0.29, 0.717) is 32.8 Å². The van der Waals surface area contributed by atoms with E-state index in [1.807, 2.05) is 0 Å². The Balaban J connectivity index is 0.00000272. The van der Waals surface area contributed by atoms with Crippen molar-refractivity contribution >= 4 is 56.8 Å². The van der Waals surface area contributed by atoms with Gasteiger partial charge in [0.2, 0.25) is 17.7 Å². The van der Waals surface area contributed by atoms with Crippen LogP contribution in [0.5, 0.6) is 0 Å². The summed E-state index contributed by atoms with van der Waals surface area (Å²) >= 11 is 0.991. The van der Waals surface area contributed by atoms with E-state index >= 15 is 0 Å². The normalized spacial score (nSPS) is 17.3. The maximum atomic E-state index is 14.1. The van der Waals surface area contributed by atoms with Gasteiger partial charge >= 0.3 is 0 Å². The third-order valence-electron chi connectivity index (χ3n) is 5.13. The number of anilines is 1. The van der Waals surface area contributed by atoms with Crippen LogP contribution in [0.15, 0.2) is 12.1 Å². The predicted octanol–water partition coefficient (Wildman–Crippen LogP) is 1.81. The average Bonchev–Trinajstić information content (AvgIpc) is 3.27. The minimum Gasteiger partial charge on any atom is -0.379 e. The topological polar surface area (TPSA) is 83.1 Å². The summed E-state index contributed by atoms with van der Waals surface area (Å²) in [5.41, 5.74) is -0.0195. The van der Waals surface area contributed by atoms with Gasteiger partial charge in [-0.1, -0.05) is 11.3 Å². The summed E-state index contributed by atoms with van der Waals surface area (Å²) in [6, 6.07) is 1.91. The third kappa shape index (κ3) is 5.17. The number of carbonyl (C=O) groups excluding carboxylic acids is 3. The Kier molecular flexibility index (Phi) is 7.52. The molecule has 0 spiro atoms. The fourth-order valence-corrected chi connectivity index (χ4v) is 4.52. The van der Waals surface area contributed by atoms with Crippen molar-refractivity contribution in [3.8, 4) is 0 Å². The Labute approximate surface area is 187 Å². The number of amides is 3. The summed E-state index contributed by atoms with van der Waals surface area (Å²) in [6.45, 7) is 2.97. The summed E-state index contributed by atoms with van der Waals surface area (Å²) in [6.07, 6.45) is 0.178.